The van der Waals surface area contributed by atoms with E-state index in [-0.39, 0.29) is 6.04 Å². The first kappa shape index (κ1) is 13.1. The first-order valence-corrected chi connectivity index (χ1v) is 7.25. The van der Waals surface area contributed by atoms with E-state index in [4.69, 9.17) is 10.7 Å². The van der Waals surface area contributed by atoms with Gasteiger partial charge in [0.1, 0.15) is 5.82 Å². The molecule has 1 unspecified atom stereocenters. The van der Waals surface area contributed by atoms with Crippen LogP contribution in [0.4, 0.5) is 11.5 Å². The van der Waals surface area contributed by atoms with Crippen LogP contribution in [0.5, 0.6) is 0 Å². The molecule has 2 N–H and O–H groups in total. The number of pyridine rings is 1. The number of nitrogens with zero attached hydrogens (tertiary/aromatic N) is 2. The lowest BCUT2D eigenvalue weighted by Crippen LogP contribution is -2.25. The molecule has 0 fully saturated rings. The molecular weight excluding hydrogens is 246 g/mol. The van der Waals surface area contributed by atoms with Crippen LogP contribution in [-0.2, 0) is 6.42 Å². The molecule has 1 atom stereocenters. The summed E-state index contributed by atoms with van der Waals surface area (Å²) >= 11 is 0. The second kappa shape index (κ2) is 5.25. The van der Waals surface area contributed by atoms with Crippen molar-refractivity contribution in [2.75, 3.05) is 11.4 Å². The number of fused-ring (bicyclic) bond motifs is 1. The van der Waals surface area contributed by atoms with Gasteiger partial charge in [-0.2, -0.15) is 0 Å². The molecule has 20 heavy (non-hydrogen) atoms. The molecule has 1 aliphatic heterocycles. The minimum Gasteiger partial charge on any atom is -0.326 e. The van der Waals surface area contributed by atoms with Gasteiger partial charge in [-0.25, -0.2) is 4.98 Å². The van der Waals surface area contributed by atoms with Crippen molar-refractivity contribution in [1.82, 2.24) is 4.98 Å². The van der Waals surface area contributed by atoms with E-state index < -0.39 is 0 Å². The number of benzene rings is 1. The highest BCUT2D eigenvalue weighted by atomic mass is 15.2. The van der Waals surface area contributed by atoms with Crippen molar-refractivity contribution in [2.24, 2.45) is 5.73 Å². The lowest BCUT2D eigenvalue weighted by Gasteiger charge is -2.30. The Balaban J connectivity index is 2.00. The minimum atomic E-state index is 0.0326. The molecule has 3 nitrogen and oxygen atoms in total. The first-order valence-electron chi connectivity index (χ1n) is 7.25. The maximum Gasteiger partial charge on any atom is 0.133 e. The Morgan fingerprint density at radius 1 is 1.20 bits per heavy atom. The van der Waals surface area contributed by atoms with Gasteiger partial charge in [0, 0.05) is 24.0 Å². The Labute approximate surface area is 120 Å². The van der Waals surface area contributed by atoms with E-state index in [0.717, 1.165) is 30.0 Å². The largest absolute Gasteiger partial charge is 0.326 e. The van der Waals surface area contributed by atoms with Crippen LogP contribution in [0.1, 0.15) is 36.2 Å². The second-order valence-electron chi connectivity index (χ2n) is 5.52. The molecule has 0 saturated carbocycles. The third-order valence-electron chi connectivity index (χ3n) is 3.99. The highest BCUT2D eigenvalue weighted by Gasteiger charge is 2.19. The molecule has 104 valence electrons. The summed E-state index contributed by atoms with van der Waals surface area (Å²) in [6.07, 6.45) is 2.33. The van der Waals surface area contributed by atoms with Crippen LogP contribution in [0, 0.1) is 6.92 Å². The van der Waals surface area contributed by atoms with Gasteiger partial charge in [-0.05, 0) is 49.9 Å². The van der Waals surface area contributed by atoms with E-state index in [1.165, 1.54) is 17.7 Å². The van der Waals surface area contributed by atoms with Crippen molar-refractivity contribution < 1.29 is 0 Å². The van der Waals surface area contributed by atoms with Crippen LogP contribution in [0.3, 0.4) is 0 Å². The number of hydrogen-bond donors (Lipinski definition) is 1. The zero-order chi connectivity index (χ0) is 14.1. The number of rotatable bonds is 2. The van der Waals surface area contributed by atoms with Gasteiger partial charge in [0.25, 0.3) is 0 Å². The molecule has 0 radical (unpaired) electrons. The summed E-state index contributed by atoms with van der Waals surface area (Å²) in [5.74, 6) is 1.03. The van der Waals surface area contributed by atoms with Crippen LogP contribution < -0.4 is 10.6 Å². The summed E-state index contributed by atoms with van der Waals surface area (Å²) in [6.45, 7) is 5.07. The summed E-state index contributed by atoms with van der Waals surface area (Å²) < 4.78 is 0. The number of nitrogens with two attached hydrogens (primary N) is 1. The number of para-hydroxylation sites is 1. The molecule has 1 aromatic heterocycles. The monoisotopic (exact) mass is 267 g/mol. The van der Waals surface area contributed by atoms with Crippen LogP contribution >= 0.6 is 0 Å². The summed E-state index contributed by atoms with van der Waals surface area (Å²) in [7, 11) is 0. The molecule has 0 bridgehead atoms. The van der Waals surface area contributed by atoms with Crippen LogP contribution in [0.15, 0.2) is 36.4 Å². The van der Waals surface area contributed by atoms with E-state index in [0.29, 0.717) is 0 Å². The summed E-state index contributed by atoms with van der Waals surface area (Å²) in [5, 5.41) is 0. The Kier molecular flexibility index (Phi) is 3.45. The van der Waals surface area contributed by atoms with Gasteiger partial charge in [-0.1, -0.05) is 24.3 Å². The molecule has 0 spiro atoms. The van der Waals surface area contributed by atoms with Crippen molar-refractivity contribution in [3.8, 4) is 0 Å². The third kappa shape index (κ3) is 2.29. The topological polar surface area (TPSA) is 42.2 Å². The molecule has 3 rings (SSSR count). The molecule has 1 aromatic carbocycles. The van der Waals surface area contributed by atoms with Crippen LogP contribution in [0.25, 0.3) is 0 Å². The zero-order valence-corrected chi connectivity index (χ0v) is 12.1. The van der Waals surface area contributed by atoms with Crippen molar-refractivity contribution in [1.29, 1.82) is 0 Å². The number of aromatic nitrogens is 1. The Hall–Kier alpha value is -1.87. The minimum absolute atomic E-state index is 0.0326. The standard InChI is InChI=1S/C17H21N3/c1-12(18)15-9-10-17(19-13(15)2)20-11-5-7-14-6-3-4-8-16(14)20/h3-4,6,8-10,12H,5,7,11,18H2,1-2H3. The zero-order valence-electron chi connectivity index (χ0n) is 12.1. The lowest BCUT2D eigenvalue weighted by atomic mass is 10.0. The predicted molar refractivity (Wildman–Crippen MR) is 83.3 cm³/mol. The first-order chi connectivity index (χ1) is 9.66. The molecule has 1 aliphatic rings. The molecule has 0 saturated heterocycles. The quantitative estimate of drug-likeness (QED) is 0.905. The van der Waals surface area contributed by atoms with E-state index in [2.05, 4.69) is 41.3 Å². The summed E-state index contributed by atoms with van der Waals surface area (Å²) in [4.78, 5) is 7.08. The summed E-state index contributed by atoms with van der Waals surface area (Å²) in [6, 6.07) is 12.8. The van der Waals surface area contributed by atoms with Crippen LogP contribution in [-0.4, -0.2) is 11.5 Å². The predicted octanol–water partition coefficient (Wildman–Crippen LogP) is 3.49. The van der Waals surface area contributed by atoms with Crippen molar-refractivity contribution >= 4 is 11.5 Å². The van der Waals surface area contributed by atoms with E-state index in [1.807, 2.05) is 13.8 Å². The van der Waals surface area contributed by atoms with Gasteiger partial charge in [0.2, 0.25) is 0 Å². The SMILES string of the molecule is Cc1nc(N2CCCc3ccccc32)ccc1C(C)N. The van der Waals surface area contributed by atoms with Gasteiger partial charge >= 0.3 is 0 Å². The second-order valence-corrected chi connectivity index (χ2v) is 5.52. The molecular formula is C17H21N3. The van der Waals surface area contributed by atoms with E-state index in [9.17, 15) is 0 Å². The Morgan fingerprint density at radius 2 is 2.00 bits per heavy atom. The number of anilines is 2. The average Bonchev–Trinajstić information content (AvgIpc) is 2.46. The fourth-order valence-corrected chi connectivity index (χ4v) is 2.96. The smallest absolute Gasteiger partial charge is 0.133 e. The van der Waals surface area contributed by atoms with Crippen molar-refractivity contribution in [3.05, 3.63) is 53.2 Å². The maximum atomic E-state index is 5.97. The van der Waals surface area contributed by atoms with Gasteiger partial charge in [0.05, 0.1) is 0 Å². The molecule has 0 amide bonds. The van der Waals surface area contributed by atoms with Crippen molar-refractivity contribution in [2.45, 2.75) is 32.7 Å². The highest BCUT2D eigenvalue weighted by Crippen LogP contribution is 2.32. The average molecular weight is 267 g/mol. The van der Waals surface area contributed by atoms with E-state index >= 15 is 0 Å². The van der Waals surface area contributed by atoms with Crippen molar-refractivity contribution in [3.63, 3.8) is 0 Å². The van der Waals surface area contributed by atoms with E-state index in [1.54, 1.807) is 0 Å². The highest BCUT2D eigenvalue weighted by molar-refractivity contribution is 5.65. The maximum absolute atomic E-state index is 5.97. The van der Waals surface area contributed by atoms with Gasteiger partial charge in [-0.15, -0.1) is 0 Å². The summed E-state index contributed by atoms with van der Waals surface area (Å²) in [5.41, 5.74) is 10.8. The molecule has 2 aromatic rings. The molecule has 2 heterocycles. The number of hydrogen-bond acceptors (Lipinski definition) is 3. The normalized spacial score (nSPS) is 15.8. The lowest BCUT2D eigenvalue weighted by molar-refractivity contribution is 0.753. The Bertz CT molecular complexity index is 619. The number of aryl methyl sites for hydroxylation is 2. The third-order valence-corrected chi connectivity index (χ3v) is 3.99. The fraction of sp³-hybridized carbons (Fsp3) is 0.353. The van der Waals surface area contributed by atoms with Crippen LogP contribution in [0.2, 0.25) is 0 Å². The van der Waals surface area contributed by atoms with Gasteiger partial charge in [0.15, 0.2) is 0 Å². The molecule has 3 heteroatoms. The fourth-order valence-electron chi connectivity index (χ4n) is 2.96. The van der Waals surface area contributed by atoms with Gasteiger partial charge in [-0.3, -0.25) is 0 Å². The van der Waals surface area contributed by atoms with Gasteiger partial charge < -0.3 is 10.6 Å². The Morgan fingerprint density at radius 3 is 2.75 bits per heavy atom. The molecule has 0 aliphatic carbocycles.